The SMILES string of the molecule is CCCCCCCCCCCCCCCCOC(=O)CCCCCCCCCCCCCCCCCCCCCC(=O)OCCCCCCCCCCCCCCCC. The van der Waals surface area contributed by atoms with E-state index in [0.717, 1.165) is 25.7 Å². The molecule has 0 spiro atoms. The van der Waals surface area contributed by atoms with Gasteiger partial charge >= 0.3 is 11.9 Å². The minimum atomic E-state index is 0.0203. The first-order valence-electron chi connectivity index (χ1n) is 27.5. The molecule has 352 valence electrons. The van der Waals surface area contributed by atoms with Crippen LogP contribution in [0.25, 0.3) is 0 Å². The van der Waals surface area contributed by atoms with Crippen LogP contribution < -0.4 is 0 Å². The van der Waals surface area contributed by atoms with Gasteiger partial charge in [-0.1, -0.05) is 290 Å². The third-order valence-corrected chi connectivity index (χ3v) is 12.8. The van der Waals surface area contributed by atoms with Crippen LogP contribution in [0, 0.1) is 0 Å². The van der Waals surface area contributed by atoms with Gasteiger partial charge in [-0.3, -0.25) is 9.59 Å². The molecule has 0 aromatic heterocycles. The quantitative estimate of drug-likeness (QED) is 0.0452. The highest BCUT2D eigenvalue weighted by Crippen LogP contribution is 2.17. The van der Waals surface area contributed by atoms with Gasteiger partial charge in [-0.05, 0) is 25.7 Å². The van der Waals surface area contributed by atoms with E-state index < -0.39 is 0 Å². The standard InChI is InChI=1S/C55H108O4/c1-3-5-7-9-11-13-15-17-28-32-36-40-44-48-52-58-54(56)50-46-42-38-34-30-26-24-22-20-19-21-23-25-27-31-35-39-43-47-51-55(57)59-53-49-45-41-37-33-29-18-16-14-12-10-8-6-4-2/h3-53H2,1-2H3. The van der Waals surface area contributed by atoms with Gasteiger partial charge in [0, 0.05) is 12.8 Å². The molecule has 59 heavy (non-hydrogen) atoms. The number of esters is 2. The number of carbonyl (C=O) groups is 2. The number of carbonyl (C=O) groups excluding carboxylic acids is 2. The zero-order chi connectivity index (χ0) is 42.6. The van der Waals surface area contributed by atoms with Crippen LogP contribution in [-0.2, 0) is 19.1 Å². The van der Waals surface area contributed by atoms with Crippen LogP contribution in [0.4, 0.5) is 0 Å². The molecule has 0 amide bonds. The lowest BCUT2D eigenvalue weighted by Gasteiger charge is -2.06. The molecule has 0 radical (unpaired) electrons. The van der Waals surface area contributed by atoms with E-state index in [2.05, 4.69) is 13.8 Å². The first kappa shape index (κ1) is 57.9. The summed E-state index contributed by atoms with van der Waals surface area (Å²) in [4.78, 5) is 24.1. The molecule has 0 atom stereocenters. The third-order valence-electron chi connectivity index (χ3n) is 12.8. The molecule has 0 aliphatic rings. The smallest absolute Gasteiger partial charge is 0.305 e. The number of unbranched alkanes of at least 4 members (excludes halogenated alkanes) is 44. The Morgan fingerprint density at radius 1 is 0.220 bits per heavy atom. The van der Waals surface area contributed by atoms with Crippen LogP contribution in [0.1, 0.15) is 328 Å². The largest absolute Gasteiger partial charge is 0.466 e. The maximum Gasteiger partial charge on any atom is 0.305 e. The lowest BCUT2D eigenvalue weighted by atomic mass is 10.0. The Kier molecular flexibility index (Phi) is 52.1. The highest BCUT2D eigenvalue weighted by atomic mass is 16.5. The summed E-state index contributed by atoms with van der Waals surface area (Å²) >= 11 is 0. The molecule has 0 aromatic rings. The second-order valence-corrected chi connectivity index (χ2v) is 18.9. The average molecular weight is 833 g/mol. The molecule has 0 N–H and O–H groups in total. The lowest BCUT2D eigenvalue weighted by Crippen LogP contribution is -2.05. The van der Waals surface area contributed by atoms with Gasteiger partial charge in [0.2, 0.25) is 0 Å². The maximum absolute atomic E-state index is 12.0. The topological polar surface area (TPSA) is 52.6 Å². The Labute approximate surface area is 371 Å². The van der Waals surface area contributed by atoms with E-state index in [1.165, 1.54) is 276 Å². The van der Waals surface area contributed by atoms with Crippen molar-refractivity contribution in [1.29, 1.82) is 0 Å². The van der Waals surface area contributed by atoms with Crippen LogP contribution in [0.5, 0.6) is 0 Å². The van der Waals surface area contributed by atoms with Gasteiger partial charge in [0.05, 0.1) is 13.2 Å². The average Bonchev–Trinajstić information content (AvgIpc) is 3.24. The van der Waals surface area contributed by atoms with E-state index in [0.29, 0.717) is 26.1 Å². The van der Waals surface area contributed by atoms with Gasteiger partial charge in [0.25, 0.3) is 0 Å². The summed E-state index contributed by atoms with van der Waals surface area (Å²) in [5, 5.41) is 0. The molecule has 0 unspecified atom stereocenters. The minimum absolute atomic E-state index is 0.0203. The summed E-state index contributed by atoms with van der Waals surface area (Å²) in [5.41, 5.74) is 0. The van der Waals surface area contributed by atoms with Gasteiger partial charge in [-0.15, -0.1) is 0 Å². The Bertz CT molecular complexity index is 732. The second-order valence-electron chi connectivity index (χ2n) is 18.9. The molecule has 0 saturated carbocycles. The van der Waals surface area contributed by atoms with Gasteiger partial charge in [-0.2, -0.15) is 0 Å². The van der Waals surface area contributed by atoms with Crippen molar-refractivity contribution in [3.63, 3.8) is 0 Å². The molecule has 0 aliphatic heterocycles. The van der Waals surface area contributed by atoms with E-state index in [1.54, 1.807) is 0 Å². The number of rotatable bonds is 52. The van der Waals surface area contributed by atoms with E-state index in [-0.39, 0.29) is 11.9 Å². The molecule has 0 aromatic carbocycles. The van der Waals surface area contributed by atoms with Gasteiger partial charge < -0.3 is 9.47 Å². The monoisotopic (exact) mass is 833 g/mol. The molecule has 0 rings (SSSR count). The molecule has 0 heterocycles. The van der Waals surface area contributed by atoms with Crippen molar-refractivity contribution in [2.24, 2.45) is 0 Å². The van der Waals surface area contributed by atoms with Crippen LogP contribution in [0.2, 0.25) is 0 Å². The van der Waals surface area contributed by atoms with Gasteiger partial charge in [-0.25, -0.2) is 0 Å². The number of hydrogen-bond acceptors (Lipinski definition) is 4. The van der Waals surface area contributed by atoms with E-state index in [4.69, 9.17) is 9.47 Å². The Morgan fingerprint density at radius 2 is 0.373 bits per heavy atom. The Morgan fingerprint density at radius 3 is 0.559 bits per heavy atom. The van der Waals surface area contributed by atoms with Crippen LogP contribution >= 0.6 is 0 Å². The number of ether oxygens (including phenoxy) is 2. The summed E-state index contributed by atoms with van der Waals surface area (Å²) in [6, 6.07) is 0. The Hall–Kier alpha value is -1.06. The van der Waals surface area contributed by atoms with Crippen molar-refractivity contribution >= 4 is 11.9 Å². The zero-order valence-corrected chi connectivity index (χ0v) is 40.7. The highest BCUT2D eigenvalue weighted by molar-refractivity contribution is 5.69. The van der Waals surface area contributed by atoms with E-state index >= 15 is 0 Å². The fourth-order valence-corrected chi connectivity index (χ4v) is 8.65. The predicted octanol–water partition coefficient (Wildman–Crippen LogP) is 19.2. The predicted molar refractivity (Wildman–Crippen MR) is 259 cm³/mol. The maximum atomic E-state index is 12.0. The Balaban J connectivity index is 3.19. The second kappa shape index (κ2) is 53.1. The zero-order valence-electron chi connectivity index (χ0n) is 40.7. The van der Waals surface area contributed by atoms with E-state index in [1.807, 2.05) is 0 Å². The highest BCUT2D eigenvalue weighted by Gasteiger charge is 2.05. The minimum Gasteiger partial charge on any atom is -0.466 e. The van der Waals surface area contributed by atoms with Crippen molar-refractivity contribution in [3.8, 4) is 0 Å². The molecule has 0 fully saturated rings. The summed E-state index contributed by atoms with van der Waals surface area (Å²) in [6.07, 6.45) is 63.9. The van der Waals surface area contributed by atoms with Crippen molar-refractivity contribution < 1.29 is 19.1 Å². The van der Waals surface area contributed by atoms with Gasteiger partial charge in [0.15, 0.2) is 0 Å². The van der Waals surface area contributed by atoms with Crippen molar-refractivity contribution in [2.75, 3.05) is 13.2 Å². The summed E-state index contributed by atoms with van der Waals surface area (Å²) in [5.74, 6) is 0.0406. The third kappa shape index (κ3) is 53.0. The fourth-order valence-electron chi connectivity index (χ4n) is 8.65. The molecule has 0 saturated heterocycles. The summed E-state index contributed by atoms with van der Waals surface area (Å²) in [7, 11) is 0. The van der Waals surface area contributed by atoms with Crippen molar-refractivity contribution in [3.05, 3.63) is 0 Å². The molecular weight excluding hydrogens is 725 g/mol. The van der Waals surface area contributed by atoms with Crippen LogP contribution in [-0.4, -0.2) is 25.2 Å². The fraction of sp³-hybridized carbons (Fsp3) is 0.964. The summed E-state index contributed by atoms with van der Waals surface area (Å²) < 4.78 is 11.0. The number of hydrogen-bond donors (Lipinski definition) is 0. The normalized spacial score (nSPS) is 11.4. The molecule has 0 bridgehead atoms. The molecular formula is C55H108O4. The first-order chi connectivity index (χ1) is 29.2. The van der Waals surface area contributed by atoms with Gasteiger partial charge in [0.1, 0.15) is 0 Å². The molecule has 4 nitrogen and oxygen atoms in total. The molecule has 4 heteroatoms. The lowest BCUT2D eigenvalue weighted by molar-refractivity contribution is -0.144. The van der Waals surface area contributed by atoms with Crippen molar-refractivity contribution in [2.45, 2.75) is 328 Å². The van der Waals surface area contributed by atoms with E-state index in [9.17, 15) is 9.59 Å². The first-order valence-corrected chi connectivity index (χ1v) is 27.5. The molecule has 0 aliphatic carbocycles. The summed E-state index contributed by atoms with van der Waals surface area (Å²) in [6.45, 7) is 5.82. The van der Waals surface area contributed by atoms with Crippen LogP contribution in [0.3, 0.4) is 0 Å². The van der Waals surface area contributed by atoms with Crippen molar-refractivity contribution in [1.82, 2.24) is 0 Å². The van der Waals surface area contributed by atoms with Crippen LogP contribution in [0.15, 0.2) is 0 Å².